The zero-order valence-corrected chi connectivity index (χ0v) is 16.1. The molecular formula is C19H20N4O3S. The van der Waals surface area contributed by atoms with Gasteiger partial charge in [-0.2, -0.15) is 14.9 Å². The summed E-state index contributed by atoms with van der Waals surface area (Å²) in [6.45, 7) is 4.17. The molecule has 0 spiro atoms. The molecule has 0 atom stereocenters. The molecule has 7 nitrogen and oxygen atoms in total. The Labute approximate surface area is 161 Å². The average Bonchev–Trinajstić information content (AvgIpc) is 3.00. The number of phenols is 1. The monoisotopic (exact) mass is 384 g/mol. The van der Waals surface area contributed by atoms with Crippen LogP contribution in [-0.4, -0.2) is 33.3 Å². The van der Waals surface area contributed by atoms with Crippen molar-refractivity contribution in [2.24, 2.45) is 5.10 Å². The minimum absolute atomic E-state index is 0.00657. The van der Waals surface area contributed by atoms with Crippen LogP contribution < -0.4 is 9.47 Å². The number of aryl methyl sites for hydroxylation is 2. The summed E-state index contributed by atoms with van der Waals surface area (Å²) in [4.78, 5) is 0. The topological polar surface area (TPSA) is 84.7 Å². The average molecular weight is 384 g/mol. The van der Waals surface area contributed by atoms with Crippen LogP contribution in [0.3, 0.4) is 0 Å². The maximum Gasteiger partial charge on any atom is 0.216 e. The summed E-state index contributed by atoms with van der Waals surface area (Å²) in [6, 6.07) is 11.1. The van der Waals surface area contributed by atoms with Crippen molar-refractivity contribution in [2.45, 2.75) is 20.5 Å². The maximum absolute atomic E-state index is 10.2. The van der Waals surface area contributed by atoms with Gasteiger partial charge in [0.15, 0.2) is 17.3 Å². The molecular weight excluding hydrogens is 364 g/mol. The number of para-hydroxylation sites is 2. The molecule has 1 heterocycles. The Bertz CT molecular complexity index is 1020. The SMILES string of the molecule is COc1cccc(/C=N/n2c(COc3c(C)cccc3C)n[nH]c2=S)c1O. The fraction of sp³-hybridized carbons (Fsp3) is 0.211. The maximum atomic E-state index is 10.2. The zero-order valence-electron chi connectivity index (χ0n) is 15.3. The molecule has 2 N–H and O–H groups in total. The number of ether oxygens (including phenoxy) is 2. The van der Waals surface area contributed by atoms with Crippen molar-refractivity contribution >= 4 is 18.4 Å². The van der Waals surface area contributed by atoms with E-state index in [1.807, 2.05) is 32.0 Å². The summed E-state index contributed by atoms with van der Waals surface area (Å²) < 4.78 is 12.8. The molecule has 2 aromatic carbocycles. The standard InChI is InChI=1S/C19H20N4O3S/c1-12-6-4-7-13(2)18(12)26-11-16-21-22-19(27)23(16)20-10-14-8-5-9-15(25-3)17(14)24/h4-10,24H,11H2,1-3H3,(H,22,27)/b20-10+. The zero-order chi connectivity index (χ0) is 19.4. The smallest absolute Gasteiger partial charge is 0.216 e. The van der Waals surface area contributed by atoms with Gasteiger partial charge in [0.2, 0.25) is 4.77 Å². The Hall–Kier alpha value is -3.13. The summed E-state index contributed by atoms with van der Waals surface area (Å²) in [5.41, 5.74) is 2.58. The van der Waals surface area contributed by atoms with Gasteiger partial charge in [-0.15, -0.1) is 0 Å². The number of aromatic nitrogens is 3. The molecule has 0 saturated heterocycles. The lowest BCUT2D eigenvalue weighted by molar-refractivity contribution is 0.287. The van der Waals surface area contributed by atoms with Crippen molar-refractivity contribution in [3.63, 3.8) is 0 Å². The molecule has 1 aromatic heterocycles. The van der Waals surface area contributed by atoms with E-state index < -0.39 is 0 Å². The van der Waals surface area contributed by atoms with Gasteiger partial charge in [0.25, 0.3) is 0 Å². The predicted molar refractivity (Wildman–Crippen MR) is 105 cm³/mol. The molecule has 140 valence electrons. The first kappa shape index (κ1) is 18.7. The van der Waals surface area contributed by atoms with Gasteiger partial charge in [-0.05, 0) is 49.3 Å². The van der Waals surface area contributed by atoms with E-state index in [1.54, 1.807) is 18.2 Å². The molecule has 0 bridgehead atoms. The quantitative estimate of drug-likeness (QED) is 0.500. The number of nitrogens with zero attached hydrogens (tertiary/aromatic N) is 3. The van der Waals surface area contributed by atoms with E-state index in [1.165, 1.54) is 18.0 Å². The van der Waals surface area contributed by atoms with Crippen molar-refractivity contribution < 1.29 is 14.6 Å². The van der Waals surface area contributed by atoms with Crippen LogP contribution >= 0.6 is 12.2 Å². The van der Waals surface area contributed by atoms with Crippen molar-refractivity contribution in [1.29, 1.82) is 0 Å². The molecule has 0 aliphatic heterocycles. The number of H-pyrrole nitrogens is 1. The third kappa shape index (κ3) is 4.01. The molecule has 0 radical (unpaired) electrons. The Morgan fingerprint density at radius 1 is 1.22 bits per heavy atom. The van der Waals surface area contributed by atoms with Crippen molar-refractivity contribution in [3.05, 3.63) is 63.7 Å². The summed E-state index contributed by atoms with van der Waals surface area (Å²) in [5.74, 6) is 1.70. The number of hydrogen-bond donors (Lipinski definition) is 2. The van der Waals surface area contributed by atoms with E-state index in [-0.39, 0.29) is 12.4 Å². The van der Waals surface area contributed by atoms with Gasteiger partial charge < -0.3 is 14.6 Å². The Morgan fingerprint density at radius 3 is 2.63 bits per heavy atom. The van der Waals surface area contributed by atoms with Crippen LogP contribution in [0.1, 0.15) is 22.5 Å². The van der Waals surface area contributed by atoms with Crippen LogP contribution in [0.4, 0.5) is 0 Å². The van der Waals surface area contributed by atoms with E-state index in [2.05, 4.69) is 15.3 Å². The van der Waals surface area contributed by atoms with Gasteiger partial charge in [-0.25, -0.2) is 5.10 Å². The number of hydrogen-bond acceptors (Lipinski definition) is 6. The number of aromatic amines is 1. The normalized spacial score (nSPS) is 11.1. The second-order valence-corrected chi connectivity index (χ2v) is 6.30. The largest absolute Gasteiger partial charge is 0.504 e. The number of phenolic OH excluding ortho intramolecular Hbond substituents is 1. The lowest BCUT2D eigenvalue weighted by Crippen LogP contribution is -2.05. The highest BCUT2D eigenvalue weighted by Crippen LogP contribution is 2.28. The molecule has 0 unspecified atom stereocenters. The van der Waals surface area contributed by atoms with Gasteiger partial charge in [0, 0.05) is 5.56 Å². The second kappa shape index (κ2) is 8.05. The Morgan fingerprint density at radius 2 is 1.93 bits per heavy atom. The van der Waals surface area contributed by atoms with Gasteiger partial charge in [-0.1, -0.05) is 24.3 Å². The fourth-order valence-electron chi connectivity index (χ4n) is 2.63. The molecule has 0 amide bonds. The third-order valence-electron chi connectivity index (χ3n) is 4.03. The van der Waals surface area contributed by atoms with Crippen LogP contribution in [0.5, 0.6) is 17.2 Å². The first-order chi connectivity index (χ1) is 13.0. The highest BCUT2D eigenvalue weighted by atomic mass is 32.1. The van der Waals surface area contributed by atoms with Gasteiger partial charge in [0.05, 0.1) is 13.3 Å². The number of nitrogens with one attached hydrogen (secondary N) is 1. The summed E-state index contributed by atoms with van der Waals surface area (Å²) in [6.07, 6.45) is 1.49. The van der Waals surface area contributed by atoms with E-state index in [0.29, 0.717) is 21.9 Å². The summed E-state index contributed by atoms with van der Waals surface area (Å²) >= 11 is 5.24. The Balaban J connectivity index is 1.84. The van der Waals surface area contributed by atoms with Crippen LogP contribution in [0.2, 0.25) is 0 Å². The van der Waals surface area contributed by atoms with E-state index in [4.69, 9.17) is 21.7 Å². The van der Waals surface area contributed by atoms with Crippen LogP contribution in [0, 0.1) is 18.6 Å². The highest BCUT2D eigenvalue weighted by Gasteiger charge is 2.10. The van der Waals surface area contributed by atoms with Gasteiger partial charge in [0.1, 0.15) is 12.4 Å². The second-order valence-electron chi connectivity index (χ2n) is 5.91. The van der Waals surface area contributed by atoms with Crippen molar-refractivity contribution in [1.82, 2.24) is 14.9 Å². The predicted octanol–water partition coefficient (Wildman–Crippen LogP) is 3.73. The number of benzene rings is 2. The van der Waals surface area contributed by atoms with E-state index in [0.717, 1.165) is 16.9 Å². The lowest BCUT2D eigenvalue weighted by atomic mass is 10.1. The van der Waals surface area contributed by atoms with Crippen LogP contribution in [0.15, 0.2) is 41.5 Å². The minimum Gasteiger partial charge on any atom is -0.504 e. The number of methoxy groups -OCH3 is 1. The summed E-state index contributed by atoms with van der Waals surface area (Å²) in [7, 11) is 1.49. The number of rotatable bonds is 6. The van der Waals surface area contributed by atoms with Crippen LogP contribution in [-0.2, 0) is 6.61 Å². The lowest BCUT2D eigenvalue weighted by Gasteiger charge is -2.11. The van der Waals surface area contributed by atoms with E-state index >= 15 is 0 Å². The third-order valence-corrected chi connectivity index (χ3v) is 4.30. The number of aromatic hydroxyl groups is 1. The van der Waals surface area contributed by atoms with Crippen molar-refractivity contribution in [3.8, 4) is 17.2 Å². The summed E-state index contributed by atoms with van der Waals surface area (Å²) in [5, 5.41) is 21.4. The fourth-order valence-corrected chi connectivity index (χ4v) is 2.83. The molecule has 0 fully saturated rings. The molecule has 8 heteroatoms. The van der Waals surface area contributed by atoms with E-state index in [9.17, 15) is 5.11 Å². The van der Waals surface area contributed by atoms with Crippen molar-refractivity contribution in [2.75, 3.05) is 7.11 Å². The van der Waals surface area contributed by atoms with Gasteiger partial charge in [-0.3, -0.25) is 0 Å². The van der Waals surface area contributed by atoms with Gasteiger partial charge >= 0.3 is 0 Å². The minimum atomic E-state index is 0.00657. The highest BCUT2D eigenvalue weighted by molar-refractivity contribution is 7.71. The molecule has 27 heavy (non-hydrogen) atoms. The molecule has 3 aromatic rings. The Kier molecular flexibility index (Phi) is 5.56. The molecule has 0 aliphatic rings. The first-order valence-electron chi connectivity index (χ1n) is 8.27. The first-order valence-corrected chi connectivity index (χ1v) is 8.67. The molecule has 0 saturated carbocycles. The molecule has 3 rings (SSSR count). The molecule has 0 aliphatic carbocycles. The van der Waals surface area contributed by atoms with Crippen LogP contribution in [0.25, 0.3) is 0 Å².